The van der Waals surface area contributed by atoms with Crippen molar-refractivity contribution in [3.63, 3.8) is 0 Å². The highest BCUT2D eigenvalue weighted by atomic mass is 127. The Labute approximate surface area is 181 Å². The van der Waals surface area contributed by atoms with Gasteiger partial charge in [-0.25, -0.2) is 0 Å². The molecule has 0 aliphatic carbocycles. The lowest BCUT2D eigenvalue weighted by molar-refractivity contribution is 0.172. The summed E-state index contributed by atoms with van der Waals surface area (Å²) in [6.45, 7) is 8.22. The normalized spacial score (nSPS) is 21.3. The van der Waals surface area contributed by atoms with Gasteiger partial charge in [-0.05, 0) is 30.4 Å². The summed E-state index contributed by atoms with van der Waals surface area (Å²) in [4.78, 5) is 9.36. The van der Waals surface area contributed by atoms with E-state index in [9.17, 15) is 0 Å². The Morgan fingerprint density at radius 1 is 1.37 bits per heavy atom. The smallest absolute Gasteiger partial charge is 0.193 e. The molecule has 0 bridgehead atoms. The van der Waals surface area contributed by atoms with Crippen molar-refractivity contribution < 1.29 is 4.74 Å². The van der Waals surface area contributed by atoms with Gasteiger partial charge in [-0.2, -0.15) is 0 Å². The van der Waals surface area contributed by atoms with Crippen molar-refractivity contribution in [1.82, 2.24) is 15.1 Å². The Kier molecular flexibility index (Phi) is 9.32. The van der Waals surface area contributed by atoms with Crippen LogP contribution in [0.25, 0.3) is 0 Å². The summed E-state index contributed by atoms with van der Waals surface area (Å²) >= 11 is 0. The van der Waals surface area contributed by atoms with Gasteiger partial charge in [-0.3, -0.25) is 9.89 Å². The topological polar surface area (TPSA) is 40.1 Å². The first-order valence-corrected chi connectivity index (χ1v) is 10.0. The zero-order valence-electron chi connectivity index (χ0n) is 17.0. The van der Waals surface area contributed by atoms with E-state index in [1.165, 1.54) is 11.1 Å². The molecule has 0 radical (unpaired) electrons. The lowest BCUT2D eigenvalue weighted by Gasteiger charge is -2.36. The van der Waals surface area contributed by atoms with Gasteiger partial charge in [0.1, 0.15) is 0 Å². The number of hydrogen-bond acceptors (Lipinski definition) is 3. The Bertz CT molecular complexity index is 604. The van der Waals surface area contributed by atoms with Crippen molar-refractivity contribution in [2.45, 2.75) is 38.8 Å². The molecule has 1 fully saturated rings. The van der Waals surface area contributed by atoms with E-state index < -0.39 is 0 Å². The van der Waals surface area contributed by atoms with Crippen LogP contribution in [0, 0.1) is 5.92 Å². The molecule has 1 N–H and O–H groups in total. The molecule has 6 heteroatoms. The van der Waals surface area contributed by atoms with Gasteiger partial charge in [0.25, 0.3) is 0 Å². The molecular weight excluding hydrogens is 451 g/mol. The van der Waals surface area contributed by atoms with Crippen LogP contribution in [0.5, 0.6) is 0 Å². The SMILES string of the molecule is CCC(CNC(=NC)N(C)CC1CCOC1)N1CCc2ccccc2C1.I. The summed E-state index contributed by atoms with van der Waals surface area (Å²) in [5, 5.41) is 3.61. The van der Waals surface area contributed by atoms with E-state index in [-0.39, 0.29) is 24.0 Å². The Balaban J connectivity index is 0.00000261. The van der Waals surface area contributed by atoms with Gasteiger partial charge in [0.2, 0.25) is 0 Å². The molecule has 2 heterocycles. The number of guanidine groups is 1. The summed E-state index contributed by atoms with van der Waals surface area (Å²) in [5.74, 6) is 1.62. The van der Waals surface area contributed by atoms with Crippen LogP contribution in [0.3, 0.4) is 0 Å². The number of aliphatic imine (C=N–C) groups is 1. The molecule has 2 unspecified atom stereocenters. The molecule has 27 heavy (non-hydrogen) atoms. The Morgan fingerprint density at radius 3 is 2.81 bits per heavy atom. The maximum absolute atomic E-state index is 5.50. The predicted octanol–water partition coefficient (Wildman–Crippen LogP) is 2.99. The van der Waals surface area contributed by atoms with Crippen LogP contribution in [-0.2, 0) is 17.7 Å². The first kappa shape index (κ1) is 22.4. The zero-order valence-corrected chi connectivity index (χ0v) is 19.3. The van der Waals surface area contributed by atoms with Gasteiger partial charge in [0.05, 0.1) is 6.61 Å². The van der Waals surface area contributed by atoms with Crippen molar-refractivity contribution in [3.05, 3.63) is 35.4 Å². The Morgan fingerprint density at radius 2 is 2.15 bits per heavy atom. The summed E-state index contributed by atoms with van der Waals surface area (Å²) < 4.78 is 5.50. The van der Waals surface area contributed by atoms with Crippen molar-refractivity contribution in [2.24, 2.45) is 10.9 Å². The van der Waals surface area contributed by atoms with Gasteiger partial charge < -0.3 is 15.0 Å². The minimum absolute atomic E-state index is 0. The number of ether oxygens (including phenoxy) is 1. The van der Waals surface area contributed by atoms with E-state index in [1.807, 2.05) is 7.05 Å². The molecule has 2 aliphatic heterocycles. The number of nitrogens with one attached hydrogen (secondary N) is 1. The fourth-order valence-electron chi connectivity index (χ4n) is 4.16. The number of fused-ring (bicyclic) bond motifs is 1. The molecule has 2 atom stereocenters. The number of nitrogens with zero attached hydrogens (tertiary/aromatic N) is 3. The molecule has 3 rings (SSSR count). The van der Waals surface area contributed by atoms with Crippen LogP contribution in [-0.4, -0.2) is 68.7 Å². The average Bonchev–Trinajstić information content (AvgIpc) is 3.18. The summed E-state index contributed by atoms with van der Waals surface area (Å²) in [5.41, 5.74) is 3.00. The summed E-state index contributed by atoms with van der Waals surface area (Å²) in [7, 11) is 4.01. The third-order valence-corrected chi connectivity index (χ3v) is 5.77. The predicted molar refractivity (Wildman–Crippen MR) is 123 cm³/mol. The maximum atomic E-state index is 5.50. The van der Waals surface area contributed by atoms with Crippen LogP contribution < -0.4 is 5.32 Å². The lowest BCUT2D eigenvalue weighted by Crippen LogP contribution is -2.49. The fourth-order valence-corrected chi connectivity index (χ4v) is 4.16. The second-order valence-electron chi connectivity index (χ2n) is 7.59. The first-order chi connectivity index (χ1) is 12.7. The van der Waals surface area contributed by atoms with Crippen LogP contribution in [0.1, 0.15) is 30.9 Å². The van der Waals surface area contributed by atoms with Crippen molar-refractivity contribution in [2.75, 3.05) is 46.9 Å². The lowest BCUT2D eigenvalue weighted by atomic mass is 9.98. The second kappa shape index (κ2) is 11.2. The summed E-state index contributed by atoms with van der Waals surface area (Å²) in [6, 6.07) is 9.39. The quantitative estimate of drug-likeness (QED) is 0.382. The molecule has 0 aromatic heterocycles. The molecule has 1 saturated heterocycles. The molecule has 1 aromatic carbocycles. The number of benzene rings is 1. The van der Waals surface area contributed by atoms with Crippen molar-refractivity contribution in [3.8, 4) is 0 Å². The van der Waals surface area contributed by atoms with E-state index in [4.69, 9.17) is 4.74 Å². The minimum Gasteiger partial charge on any atom is -0.381 e. The number of halogens is 1. The zero-order chi connectivity index (χ0) is 18.4. The van der Waals surface area contributed by atoms with E-state index in [2.05, 4.69) is 58.3 Å². The fraction of sp³-hybridized carbons (Fsp3) is 0.667. The highest BCUT2D eigenvalue weighted by molar-refractivity contribution is 14.0. The van der Waals surface area contributed by atoms with E-state index >= 15 is 0 Å². The minimum atomic E-state index is 0. The van der Waals surface area contributed by atoms with Crippen LogP contribution in [0.15, 0.2) is 29.3 Å². The first-order valence-electron chi connectivity index (χ1n) is 10.0. The van der Waals surface area contributed by atoms with Crippen LogP contribution in [0.4, 0.5) is 0 Å². The molecule has 1 aromatic rings. The maximum Gasteiger partial charge on any atom is 0.193 e. The van der Waals surface area contributed by atoms with Gasteiger partial charge in [0.15, 0.2) is 5.96 Å². The van der Waals surface area contributed by atoms with Crippen LogP contribution in [0.2, 0.25) is 0 Å². The standard InChI is InChI=1S/C21H34N4O.HI/c1-4-20(25-11-9-18-7-5-6-8-19(18)15-25)13-23-21(22-2)24(3)14-17-10-12-26-16-17;/h5-8,17,20H,4,9-16H2,1-3H3,(H,22,23);1H. The third kappa shape index (κ3) is 6.06. The molecular formula is C21H35IN4O. The van der Waals surface area contributed by atoms with E-state index in [1.54, 1.807) is 0 Å². The van der Waals surface area contributed by atoms with E-state index in [0.29, 0.717) is 12.0 Å². The molecule has 152 valence electrons. The molecule has 0 amide bonds. The monoisotopic (exact) mass is 486 g/mol. The highest BCUT2D eigenvalue weighted by Gasteiger charge is 2.23. The third-order valence-electron chi connectivity index (χ3n) is 5.77. The van der Waals surface area contributed by atoms with Crippen molar-refractivity contribution >= 4 is 29.9 Å². The largest absolute Gasteiger partial charge is 0.381 e. The van der Waals surface area contributed by atoms with Crippen LogP contribution >= 0.6 is 24.0 Å². The highest BCUT2D eigenvalue weighted by Crippen LogP contribution is 2.21. The summed E-state index contributed by atoms with van der Waals surface area (Å²) in [6.07, 6.45) is 3.46. The number of rotatable bonds is 6. The molecule has 0 saturated carbocycles. The molecule has 2 aliphatic rings. The van der Waals surface area contributed by atoms with Crippen molar-refractivity contribution in [1.29, 1.82) is 0 Å². The van der Waals surface area contributed by atoms with Gasteiger partial charge in [-0.1, -0.05) is 31.2 Å². The van der Waals surface area contributed by atoms with E-state index in [0.717, 1.165) is 64.6 Å². The molecule has 5 nitrogen and oxygen atoms in total. The van der Waals surface area contributed by atoms with Gasteiger partial charge >= 0.3 is 0 Å². The molecule has 0 spiro atoms. The Hall–Kier alpha value is -0.860. The van der Waals surface area contributed by atoms with Gasteiger partial charge in [0, 0.05) is 58.8 Å². The average molecular weight is 486 g/mol. The second-order valence-corrected chi connectivity index (χ2v) is 7.59. The number of hydrogen-bond donors (Lipinski definition) is 1. The van der Waals surface area contributed by atoms with Gasteiger partial charge in [-0.15, -0.1) is 24.0 Å².